The Hall–Kier alpha value is -1.35. The summed E-state index contributed by atoms with van der Waals surface area (Å²) in [7, 11) is 0. The van der Waals surface area contributed by atoms with Crippen LogP contribution in [-0.4, -0.2) is 16.2 Å². The number of carboxylic acids is 1. The minimum atomic E-state index is -1.12. The Kier molecular flexibility index (Phi) is 3.94. The molecule has 0 aliphatic heterocycles. The molecule has 0 fully saturated rings. The van der Waals surface area contributed by atoms with Gasteiger partial charge in [0.05, 0.1) is 11.0 Å². The molecular formula is C14H20O3. The summed E-state index contributed by atoms with van der Waals surface area (Å²) in [6, 6.07) is 9.19. The molecule has 3 nitrogen and oxygen atoms in total. The second kappa shape index (κ2) is 4.88. The number of hydrogen-bond acceptors (Lipinski definition) is 2. The molecule has 94 valence electrons. The van der Waals surface area contributed by atoms with Gasteiger partial charge in [-0.25, -0.2) is 0 Å². The van der Waals surface area contributed by atoms with E-state index in [1.54, 1.807) is 13.8 Å². The number of hydrogen-bond donors (Lipinski definition) is 2. The number of carboxylic acid groups (broad SMARTS) is 1. The highest BCUT2D eigenvalue weighted by Crippen LogP contribution is 2.37. The molecule has 0 heterocycles. The first-order valence-corrected chi connectivity index (χ1v) is 5.83. The van der Waals surface area contributed by atoms with Gasteiger partial charge < -0.3 is 10.2 Å². The Morgan fingerprint density at radius 1 is 1.24 bits per heavy atom. The van der Waals surface area contributed by atoms with Crippen molar-refractivity contribution in [2.45, 2.75) is 39.2 Å². The highest BCUT2D eigenvalue weighted by Gasteiger charge is 2.39. The molecule has 2 unspecified atom stereocenters. The van der Waals surface area contributed by atoms with E-state index in [2.05, 4.69) is 0 Å². The fourth-order valence-corrected chi connectivity index (χ4v) is 2.01. The molecule has 1 rings (SSSR count). The van der Waals surface area contributed by atoms with E-state index in [9.17, 15) is 15.0 Å². The van der Waals surface area contributed by atoms with E-state index >= 15 is 0 Å². The van der Waals surface area contributed by atoms with Crippen molar-refractivity contribution in [3.8, 4) is 0 Å². The first kappa shape index (κ1) is 13.7. The van der Waals surface area contributed by atoms with Crippen LogP contribution >= 0.6 is 0 Å². The third kappa shape index (κ3) is 3.07. The van der Waals surface area contributed by atoms with Crippen molar-refractivity contribution < 1.29 is 15.0 Å². The maximum Gasteiger partial charge on any atom is 0.309 e. The first-order chi connectivity index (χ1) is 7.82. The lowest BCUT2D eigenvalue weighted by Gasteiger charge is -2.33. The van der Waals surface area contributed by atoms with Crippen LogP contribution in [0, 0.1) is 5.41 Å². The molecule has 2 N–H and O–H groups in total. The zero-order chi connectivity index (χ0) is 13.1. The summed E-state index contributed by atoms with van der Waals surface area (Å²) in [5.74, 6) is -0.865. The molecule has 0 aliphatic carbocycles. The summed E-state index contributed by atoms with van der Waals surface area (Å²) >= 11 is 0. The maximum absolute atomic E-state index is 11.3. The van der Waals surface area contributed by atoms with Crippen molar-refractivity contribution in [1.29, 1.82) is 0 Å². The van der Waals surface area contributed by atoms with Gasteiger partial charge in [-0.05, 0) is 32.3 Å². The van der Waals surface area contributed by atoms with Gasteiger partial charge >= 0.3 is 5.97 Å². The zero-order valence-electron chi connectivity index (χ0n) is 10.6. The van der Waals surface area contributed by atoms with Crippen LogP contribution in [0.5, 0.6) is 0 Å². The minimum absolute atomic E-state index is 0.204. The van der Waals surface area contributed by atoms with Crippen molar-refractivity contribution in [3.63, 3.8) is 0 Å². The molecule has 0 radical (unpaired) electrons. The fourth-order valence-electron chi connectivity index (χ4n) is 2.01. The van der Waals surface area contributed by atoms with E-state index in [1.165, 1.54) is 0 Å². The number of benzene rings is 1. The van der Waals surface area contributed by atoms with E-state index in [0.29, 0.717) is 6.42 Å². The lowest BCUT2D eigenvalue weighted by atomic mass is 9.75. The summed E-state index contributed by atoms with van der Waals surface area (Å²) in [6.07, 6.45) is 0.696. The standard InChI is InChI=1S/C14H20O3/c1-4-13(2,12(15)16)10-14(3,17)11-8-6-5-7-9-11/h5-9,17H,4,10H2,1-3H3,(H,15,16). The largest absolute Gasteiger partial charge is 0.481 e. The third-order valence-electron chi connectivity index (χ3n) is 3.43. The highest BCUT2D eigenvalue weighted by atomic mass is 16.4. The molecule has 17 heavy (non-hydrogen) atoms. The summed E-state index contributed by atoms with van der Waals surface area (Å²) in [6.45, 7) is 5.17. The zero-order valence-corrected chi connectivity index (χ0v) is 10.6. The van der Waals surface area contributed by atoms with Gasteiger partial charge in [-0.1, -0.05) is 37.3 Å². The smallest absolute Gasteiger partial charge is 0.309 e. The van der Waals surface area contributed by atoms with E-state index in [-0.39, 0.29) is 6.42 Å². The summed E-state index contributed by atoms with van der Waals surface area (Å²) in [5, 5.41) is 19.7. The number of carbonyl (C=O) groups is 1. The van der Waals surface area contributed by atoms with Gasteiger partial charge in [0.2, 0.25) is 0 Å². The predicted octanol–water partition coefficient (Wildman–Crippen LogP) is 2.79. The fraction of sp³-hybridized carbons (Fsp3) is 0.500. The quantitative estimate of drug-likeness (QED) is 0.826. The SMILES string of the molecule is CCC(C)(CC(C)(O)c1ccccc1)C(=O)O. The topological polar surface area (TPSA) is 57.5 Å². The monoisotopic (exact) mass is 236 g/mol. The van der Waals surface area contributed by atoms with Gasteiger partial charge in [0.25, 0.3) is 0 Å². The van der Waals surface area contributed by atoms with Crippen LogP contribution < -0.4 is 0 Å². The molecule has 0 saturated carbocycles. The molecule has 1 aromatic carbocycles. The van der Waals surface area contributed by atoms with Crippen LogP contribution in [0.4, 0.5) is 0 Å². The van der Waals surface area contributed by atoms with Crippen molar-refractivity contribution in [2.75, 3.05) is 0 Å². The predicted molar refractivity (Wildman–Crippen MR) is 66.7 cm³/mol. The molecule has 0 saturated heterocycles. The van der Waals surface area contributed by atoms with Gasteiger partial charge in [-0.15, -0.1) is 0 Å². The molecule has 0 aliphatic rings. The van der Waals surface area contributed by atoms with Crippen LogP contribution in [0.2, 0.25) is 0 Å². The van der Waals surface area contributed by atoms with E-state index in [0.717, 1.165) is 5.56 Å². The molecule has 0 aromatic heterocycles. The summed E-state index contributed by atoms with van der Waals surface area (Å²) < 4.78 is 0. The average Bonchev–Trinajstić information content (AvgIpc) is 2.29. The Balaban J connectivity index is 2.97. The van der Waals surface area contributed by atoms with Gasteiger partial charge in [-0.2, -0.15) is 0 Å². The first-order valence-electron chi connectivity index (χ1n) is 5.83. The van der Waals surface area contributed by atoms with Crippen molar-refractivity contribution in [1.82, 2.24) is 0 Å². The van der Waals surface area contributed by atoms with E-state index in [1.807, 2.05) is 37.3 Å². The minimum Gasteiger partial charge on any atom is -0.481 e. The lowest BCUT2D eigenvalue weighted by molar-refractivity contribution is -0.152. The Bertz CT molecular complexity index is 384. The average molecular weight is 236 g/mol. The maximum atomic E-state index is 11.3. The van der Waals surface area contributed by atoms with Crippen LogP contribution in [0.25, 0.3) is 0 Å². The molecule has 2 atom stereocenters. The summed E-state index contributed by atoms with van der Waals surface area (Å²) in [5.41, 5.74) is -1.27. The number of rotatable bonds is 5. The Morgan fingerprint density at radius 2 is 1.76 bits per heavy atom. The molecule has 0 spiro atoms. The molecule has 3 heteroatoms. The van der Waals surface area contributed by atoms with E-state index < -0.39 is 17.0 Å². The normalized spacial score (nSPS) is 18.1. The molecule has 0 amide bonds. The van der Waals surface area contributed by atoms with Gasteiger partial charge in [0.1, 0.15) is 0 Å². The van der Waals surface area contributed by atoms with Gasteiger partial charge in [-0.3, -0.25) is 4.79 Å². The number of aliphatic carboxylic acids is 1. The molecule has 0 bridgehead atoms. The number of aliphatic hydroxyl groups is 1. The molecular weight excluding hydrogens is 216 g/mol. The second-order valence-corrected chi connectivity index (χ2v) is 5.04. The highest BCUT2D eigenvalue weighted by molar-refractivity contribution is 5.74. The van der Waals surface area contributed by atoms with Crippen molar-refractivity contribution in [2.24, 2.45) is 5.41 Å². The lowest BCUT2D eigenvalue weighted by Crippen LogP contribution is -2.36. The van der Waals surface area contributed by atoms with Crippen molar-refractivity contribution >= 4 is 5.97 Å². The van der Waals surface area contributed by atoms with Crippen LogP contribution in [0.3, 0.4) is 0 Å². The van der Waals surface area contributed by atoms with Gasteiger partial charge in [0.15, 0.2) is 0 Å². The third-order valence-corrected chi connectivity index (χ3v) is 3.43. The second-order valence-electron chi connectivity index (χ2n) is 5.04. The van der Waals surface area contributed by atoms with E-state index in [4.69, 9.17) is 0 Å². The Morgan fingerprint density at radius 3 is 2.18 bits per heavy atom. The summed E-state index contributed by atoms with van der Waals surface area (Å²) in [4.78, 5) is 11.3. The van der Waals surface area contributed by atoms with Crippen molar-refractivity contribution in [3.05, 3.63) is 35.9 Å². The van der Waals surface area contributed by atoms with Crippen LogP contribution in [0.15, 0.2) is 30.3 Å². The molecule has 1 aromatic rings. The van der Waals surface area contributed by atoms with Crippen LogP contribution in [0.1, 0.15) is 39.2 Å². The Labute approximate surface area is 102 Å². The van der Waals surface area contributed by atoms with Gasteiger partial charge in [0, 0.05) is 0 Å². The van der Waals surface area contributed by atoms with Crippen LogP contribution in [-0.2, 0) is 10.4 Å².